The lowest BCUT2D eigenvalue weighted by molar-refractivity contribution is 0.0600. The minimum Gasteiger partial charge on any atom is -0.465 e. The standard InChI is InChI=1S/C24H28O3/c1-23(2)12-13-24(3,4)20-15-18(10-11-19(20)23)21(25)14-16-6-8-17(9-7-16)22(26)27-5/h6-11,15H,12-14H2,1-5H3. The van der Waals surface area contributed by atoms with Gasteiger partial charge < -0.3 is 4.74 Å². The molecule has 0 aromatic heterocycles. The first-order chi connectivity index (χ1) is 12.6. The van der Waals surface area contributed by atoms with Crippen molar-refractivity contribution in [1.29, 1.82) is 0 Å². The Kier molecular flexibility index (Phi) is 4.98. The van der Waals surface area contributed by atoms with Crippen LogP contribution in [0.4, 0.5) is 0 Å². The van der Waals surface area contributed by atoms with Crippen molar-refractivity contribution in [2.75, 3.05) is 7.11 Å². The highest BCUT2D eigenvalue weighted by Gasteiger charge is 2.37. The Balaban J connectivity index is 1.85. The summed E-state index contributed by atoms with van der Waals surface area (Å²) < 4.78 is 4.71. The van der Waals surface area contributed by atoms with E-state index in [9.17, 15) is 9.59 Å². The Morgan fingerprint density at radius 3 is 2.00 bits per heavy atom. The van der Waals surface area contributed by atoms with Crippen LogP contribution < -0.4 is 0 Å². The second-order valence-corrected chi connectivity index (χ2v) is 8.82. The minimum atomic E-state index is -0.368. The summed E-state index contributed by atoms with van der Waals surface area (Å²) in [6.45, 7) is 9.10. The van der Waals surface area contributed by atoms with E-state index in [1.165, 1.54) is 18.2 Å². The van der Waals surface area contributed by atoms with E-state index < -0.39 is 0 Å². The quantitative estimate of drug-likeness (QED) is 0.550. The molecule has 0 amide bonds. The summed E-state index contributed by atoms with van der Waals surface area (Å²) in [6, 6.07) is 13.2. The molecule has 0 N–H and O–H groups in total. The maximum absolute atomic E-state index is 12.9. The third-order valence-electron chi connectivity index (χ3n) is 5.91. The third kappa shape index (κ3) is 3.83. The van der Waals surface area contributed by atoms with Crippen molar-refractivity contribution in [2.45, 2.75) is 57.8 Å². The monoisotopic (exact) mass is 364 g/mol. The van der Waals surface area contributed by atoms with Crippen LogP contribution in [0.2, 0.25) is 0 Å². The van der Waals surface area contributed by atoms with Gasteiger partial charge in [0.25, 0.3) is 0 Å². The maximum atomic E-state index is 12.9. The van der Waals surface area contributed by atoms with E-state index in [4.69, 9.17) is 4.74 Å². The van der Waals surface area contributed by atoms with Gasteiger partial charge in [-0.3, -0.25) is 4.79 Å². The normalized spacial score (nSPS) is 17.1. The SMILES string of the molecule is COC(=O)c1ccc(CC(=O)c2ccc3c(c2)C(C)(C)CCC3(C)C)cc1. The lowest BCUT2D eigenvalue weighted by Gasteiger charge is -2.42. The number of methoxy groups -OCH3 is 1. The number of benzene rings is 2. The van der Waals surface area contributed by atoms with Gasteiger partial charge in [0, 0.05) is 12.0 Å². The second kappa shape index (κ2) is 6.95. The van der Waals surface area contributed by atoms with E-state index in [1.807, 2.05) is 18.2 Å². The van der Waals surface area contributed by atoms with Gasteiger partial charge in [0.15, 0.2) is 5.78 Å². The molecule has 0 radical (unpaired) electrons. The summed E-state index contributed by atoms with van der Waals surface area (Å²) in [4.78, 5) is 24.4. The van der Waals surface area contributed by atoms with Crippen LogP contribution in [0.25, 0.3) is 0 Å². The minimum absolute atomic E-state index is 0.0866. The van der Waals surface area contributed by atoms with Crippen molar-refractivity contribution in [1.82, 2.24) is 0 Å². The van der Waals surface area contributed by atoms with Crippen molar-refractivity contribution in [2.24, 2.45) is 0 Å². The fraction of sp³-hybridized carbons (Fsp3) is 0.417. The molecule has 27 heavy (non-hydrogen) atoms. The Hall–Kier alpha value is -2.42. The fourth-order valence-electron chi connectivity index (χ4n) is 3.93. The smallest absolute Gasteiger partial charge is 0.337 e. The average molecular weight is 364 g/mol. The highest BCUT2D eigenvalue weighted by atomic mass is 16.5. The lowest BCUT2D eigenvalue weighted by Crippen LogP contribution is -2.34. The van der Waals surface area contributed by atoms with Crippen molar-refractivity contribution < 1.29 is 14.3 Å². The Morgan fingerprint density at radius 1 is 0.852 bits per heavy atom. The highest BCUT2D eigenvalue weighted by molar-refractivity contribution is 5.98. The summed E-state index contributed by atoms with van der Waals surface area (Å²) in [6.07, 6.45) is 2.61. The number of ether oxygens (including phenoxy) is 1. The molecule has 0 bridgehead atoms. The van der Waals surface area contributed by atoms with Crippen LogP contribution in [0, 0.1) is 0 Å². The number of Topliss-reactive ketones (excluding diaryl/α,β-unsaturated/α-hetero) is 1. The number of hydrogen-bond acceptors (Lipinski definition) is 3. The summed E-state index contributed by atoms with van der Waals surface area (Å²) in [5.74, 6) is -0.268. The third-order valence-corrected chi connectivity index (χ3v) is 5.91. The van der Waals surface area contributed by atoms with Gasteiger partial charge in [0.05, 0.1) is 12.7 Å². The Bertz CT molecular complexity index is 873. The van der Waals surface area contributed by atoms with E-state index in [1.54, 1.807) is 12.1 Å². The van der Waals surface area contributed by atoms with Crippen LogP contribution >= 0.6 is 0 Å². The maximum Gasteiger partial charge on any atom is 0.337 e. The zero-order chi connectivity index (χ0) is 19.8. The highest BCUT2D eigenvalue weighted by Crippen LogP contribution is 2.45. The molecule has 3 rings (SSSR count). The van der Waals surface area contributed by atoms with Crippen LogP contribution in [0.5, 0.6) is 0 Å². The van der Waals surface area contributed by atoms with Crippen LogP contribution in [0.15, 0.2) is 42.5 Å². The van der Waals surface area contributed by atoms with Gasteiger partial charge in [0.1, 0.15) is 0 Å². The van der Waals surface area contributed by atoms with Crippen molar-refractivity contribution in [3.63, 3.8) is 0 Å². The van der Waals surface area contributed by atoms with Crippen molar-refractivity contribution in [3.8, 4) is 0 Å². The van der Waals surface area contributed by atoms with Gasteiger partial charge in [-0.1, -0.05) is 52.0 Å². The number of carbonyl (C=O) groups excluding carboxylic acids is 2. The van der Waals surface area contributed by atoms with Gasteiger partial charge in [0.2, 0.25) is 0 Å². The molecule has 2 aromatic rings. The van der Waals surface area contributed by atoms with Crippen LogP contribution in [-0.2, 0) is 22.0 Å². The first-order valence-corrected chi connectivity index (χ1v) is 9.49. The topological polar surface area (TPSA) is 43.4 Å². The van der Waals surface area contributed by atoms with E-state index in [-0.39, 0.29) is 22.6 Å². The van der Waals surface area contributed by atoms with Gasteiger partial charge >= 0.3 is 5.97 Å². The molecule has 0 heterocycles. The zero-order valence-corrected chi connectivity index (χ0v) is 16.9. The largest absolute Gasteiger partial charge is 0.465 e. The summed E-state index contributed by atoms with van der Waals surface area (Å²) in [7, 11) is 1.36. The molecule has 142 valence electrons. The molecule has 0 saturated carbocycles. The molecule has 1 aliphatic rings. The van der Waals surface area contributed by atoms with E-state index >= 15 is 0 Å². The van der Waals surface area contributed by atoms with E-state index in [2.05, 4.69) is 39.8 Å². The number of hydrogen-bond donors (Lipinski definition) is 0. The van der Waals surface area contributed by atoms with Gasteiger partial charge in [-0.2, -0.15) is 0 Å². The average Bonchev–Trinajstić information content (AvgIpc) is 2.65. The predicted molar refractivity (Wildman–Crippen MR) is 108 cm³/mol. The number of ketones is 1. The number of rotatable bonds is 4. The number of esters is 1. The molecule has 0 spiro atoms. The molecular weight excluding hydrogens is 336 g/mol. The molecule has 2 aromatic carbocycles. The lowest BCUT2D eigenvalue weighted by atomic mass is 9.63. The molecular formula is C24H28O3. The second-order valence-electron chi connectivity index (χ2n) is 8.82. The molecule has 3 heteroatoms. The van der Waals surface area contributed by atoms with E-state index in [0.717, 1.165) is 24.0 Å². The Labute approximate surface area is 161 Å². The molecule has 0 aliphatic heterocycles. The molecule has 1 aliphatic carbocycles. The Morgan fingerprint density at radius 2 is 1.41 bits per heavy atom. The van der Waals surface area contributed by atoms with Crippen molar-refractivity contribution in [3.05, 3.63) is 70.3 Å². The summed E-state index contributed by atoms with van der Waals surface area (Å²) >= 11 is 0. The van der Waals surface area contributed by atoms with E-state index in [0.29, 0.717) is 12.0 Å². The van der Waals surface area contributed by atoms with Gasteiger partial charge in [-0.15, -0.1) is 0 Å². The molecule has 0 unspecified atom stereocenters. The zero-order valence-electron chi connectivity index (χ0n) is 16.9. The van der Waals surface area contributed by atoms with Crippen molar-refractivity contribution >= 4 is 11.8 Å². The van der Waals surface area contributed by atoms with Crippen LogP contribution in [0.3, 0.4) is 0 Å². The van der Waals surface area contributed by atoms with Crippen LogP contribution in [-0.4, -0.2) is 18.9 Å². The predicted octanol–water partition coefficient (Wildman–Crippen LogP) is 5.25. The summed E-state index contributed by atoms with van der Waals surface area (Å²) in [5, 5.41) is 0. The van der Waals surface area contributed by atoms with Gasteiger partial charge in [-0.25, -0.2) is 4.79 Å². The molecule has 0 atom stereocenters. The first-order valence-electron chi connectivity index (χ1n) is 9.49. The fourth-order valence-corrected chi connectivity index (χ4v) is 3.93. The number of fused-ring (bicyclic) bond motifs is 1. The van der Waals surface area contributed by atoms with Crippen LogP contribution in [0.1, 0.15) is 77.9 Å². The molecule has 0 fully saturated rings. The van der Waals surface area contributed by atoms with Gasteiger partial charge in [-0.05, 0) is 58.6 Å². The summed E-state index contributed by atoms with van der Waals surface area (Å²) in [5.41, 5.74) is 5.04. The molecule has 3 nitrogen and oxygen atoms in total. The number of carbonyl (C=O) groups is 2. The molecule has 0 saturated heterocycles. The first kappa shape index (κ1) is 19.3.